The van der Waals surface area contributed by atoms with Crippen LogP contribution in [0.5, 0.6) is 0 Å². The van der Waals surface area contributed by atoms with Crippen LogP contribution in [0.15, 0.2) is 0 Å². The largest absolute Gasteiger partial charge is 0.327 e. The summed E-state index contributed by atoms with van der Waals surface area (Å²) < 4.78 is 0. The SMILES string of the molecule is CCC(C)N1CCN(C(=O)Cl)CC1. The van der Waals surface area contributed by atoms with Gasteiger partial charge in [-0.2, -0.15) is 0 Å². The highest BCUT2D eigenvalue weighted by atomic mass is 35.5. The molecule has 1 unspecified atom stereocenters. The monoisotopic (exact) mass is 204 g/mol. The van der Waals surface area contributed by atoms with E-state index >= 15 is 0 Å². The van der Waals surface area contributed by atoms with Crippen molar-refractivity contribution in [1.82, 2.24) is 9.80 Å². The lowest BCUT2D eigenvalue weighted by Crippen LogP contribution is -2.50. The van der Waals surface area contributed by atoms with Gasteiger partial charge in [0.05, 0.1) is 0 Å². The van der Waals surface area contributed by atoms with Crippen molar-refractivity contribution in [3.63, 3.8) is 0 Å². The average molecular weight is 205 g/mol. The van der Waals surface area contributed by atoms with Gasteiger partial charge < -0.3 is 4.90 Å². The molecule has 0 saturated carbocycles. The summed E-state index contributed by atoms with van der Waals surface area (Å²) in [7, 11) is 0. The van der Waals surface area contributed by atoms with Gasteiger partial charge >= 0.3 is 5.37 Å². The van der Waals surface area contributed by atoms with Gasteiger partial charge in [0, 0.05) is 32.2 Å². The zero-order valence-corrected chi connectivity index (χ0v) is 9.05. The van der Waals surface area contributed by atoms with Crippen LogP contribution >= 0.6 is 11.6 Å². The Morgan fingerprint density at radius 3 is 2.31 bits per heavy atom. The lowest BCUT2D eigenvalue weighted by atomic mass is 10.2. The molecule has 1 fully saturated rings. The third-order valence-electron chi connectivity index (χ3n) is 2.78. The van der Waals surface area contributed by atoms with Crippen molar-refractivity contribution in [2.24, 2.45) is 0 Å². The molecule has 0 radical (unpaired) electrons. The Morgan fingerprint density at radius 2 is 1.92 bits per heavy atom. The molecule has 13 heavy (non-hydrogen) atoms. The van der Waals surface area contributed by atoms with Gasteiger partial charge in [-0.05, 0) is 24.9 Å². The predicted molar refractivity (Wildman–Crippen MR) is 54.1 cm³/mol. The molecule has 1 aliphatic rings. The molecule has 1 aliphatic heterocycles. The number of rotatable bonds is 2. The second-order valence-electron chi connectivity index (χ2n) is 3.53. The summed E-state index contributed by atoms with van der Waals surface area (Å²) in [6, 6.07) is 0.618. The second-order valence-corrected chi connectivity index (χ2v) is 3.86. The molecule has 0 aromatic rings. The number of nitrogens with zero attached hydrogens (tertiary/aromatic N) is 2. The van der Waals surface area contributed by atoms with Crippen LogP contribution in [-0.2, 0) is 0 Å². The molecule has 1 saturated heterocycles. The number of carbonyl (C=O) groups excluding carboxylic acids is 1. The van der Waals surface area contributed by atoms with Crippen LogP contribution in [0.2, 0.25) is 0 Å². The van der Waals surface area contributed by atoms with E-state index in [4.69, 9.17) is 11.6 Å². The quantitative estimate of drug-likeness (QED) is 0.506. The van der Waals surface area contributed by atoms with E-state index in [0.29, 0.717) is 6.04 Å². The summed E-state index contributed by atoms with van der Waals surface area (Å²) in [5.74, 6) is 0. The predicted octanol–water partition coefficient (Wildman–Crippen LogP) is 1.76. The maximum absolute atomic E-state index is 10.8. The Balaban J connectivity index is 2.34. The number of piperazine rings is 1. The van der Waals surface area contributed by atoms with Gasteiger partial charge in [-0.15, -0.1) is 0 Å². The van der Waals surface area contributed by atoms with Crippen LogP contribution in [0, 0.1) is 0 Å². The summed E-state index contributed by atoms with van der Waals surface area (Å²) in [4.78, 5) is 14.9. The molecule has 0 aliphatic carbocycles. The molecule has 0 bridgehead atoms. The highest BCUT2D eigenvalue weighted by Crippen LogP contribution is 2.09. The van der Waals surface area contributed by atoms with E-state index in [-0.39, 0.29) is 5.37 Å². The molecule has 1 amide bonds. The zero-order chi connectivity index (χ0) is 9.84. The van der Waals surface area contributed by atoms with Crippen LogP contribution < -0.4 is 0 Å². The number of carbonyl (C=O) groups is 1. The van der Waals surface area contributed by atoms with Crippen molar-refractivity contribution in [2.45, 2.75) is 26.3 Å². The topological polar surface area (TPSA) is 23.6 Å². The maximum Gasteiger partial charge on any atom is 0.316 e. The highest BCUT2D eigenvalue weighted by Gasteiger charge is 2.21. The molecule has 1 atom stereocenters. The van der Waals surface area contributed by atoms with Gasteiger partial charge in [-0.1, -0.05) is 6.92 Å². The molecule has 0 N–H and O–H groups in total. The van der Waals surface area contributed by atoms with Crippen LogP contribution in [-0.4, -0.2) is 47.4 Å². The summed E-state index contributed by atoms with van der Waals surface area (Å²) in [6.07, 6.45) is 1.16. The van der Waals surface area contributed by atoms with E-state index < -0.39 is 0 Å². The first-order valence-corrected chi connectivity index (χ1v) is 5.21. The molecule has 3 nitrogen and oxygen atoms in total. The summed E-state index contributed by atoms with van der Waals surface area (Å²) >= 11 is 5.39. The van der Waals surface area contributed by atoms with Crippen molar-refractivity contribution in [3.8, 4) is 0 Å². The molecule has 76 valence electrons. The molecule has 0 spiro atoms. The highest BCUT2D eigenvalue weighted by molar-refractivity contribution is 6.62. The molecule has 0 aromatic heterocycles. The van der Waals surface area contributed by atoms with Gasteiger partial charge in [-0.3, -0.25) is 9.69 Å². The smallest absolute Gasteiger partial charge is 0.316 e. The number of halogens is 1. The molecular weight excluding hydrogens is 188 g/mol. The van der Waals surface area contributed by atoms with Crippen molar-refractivity contribution >= 4 is 17.0 Å². The summed E-state index contributed by atoms with van der Waals surface area (Å²) in [5, 5.41) is -0.316. The minimum atomic E-state index is -0.316. The summed E-state index contributed by atoms with van der Waals surface area (Å²) in [6.45, 7) is 7.85. The number of hydrogen-bond donors (Lipinski definition) is 0. The number of amides is 1. The van der Waals surface area contributed by atoms with E-state index in [1.165, 1.54) is 0 Å². The Hall–Kier alpha value is -0.280. The fourth-order valence-corrected chi connectivity index (χ4v) is 1.77. The van der Waals surface area contributed by atoms with E-state index in [1.54, 1.807) is 4.90 Å². The molecule has 1 heterocycles. The fourth-order valence-electron chi connectivity index (χ4n) is 1.60. The minimum Gasteiger partial charge on any atom is -0.327 e. The van der Waals surface area contributed by atoms with Gasteiger partial charge in [0.15, 0.2) is 0 Å². The maximum atomic E-state index is 10.8. The fraction of sp³-hybridized carbons (Fsp3) is 0.889. The second kappa shape index (κ2) is 4.82. The van der Waals surface area contributed by atoms with Crippen molar-refractivity contribution in [1.29, 1.82) is 0 Å². The van der Waals surface area contributed by atoms with Crippen molar-refractivity contribution in [3.05, 3.63) is 0 Å². The van der Waals surface area contributed by atoms with Crippen molar-refractivity contribution in [2.75, 3.05) is 26.2 Å². The van der Waals surface area contributed by atoms with Crippen LogP contribution in [0.1, 0.15) is 20.3 Å². The molecule has 0 aromatic carbocycles. The Kier molecular flexibility index (Phi) is 4.00. The normalized spacial score (nSPS) is 21.6. The molecule has 1 rings (SSSR count). The zero-order valence-electron chi connectivity index (χ0n) is 8.29. The lowest BCUT2D eigenvalue weighted by molar-refractivity contribution is 0.121. The molecule has 4 heteroatoms. The van der Waals surface area contributed by atoms with E-state index in [0.717, 1.165) is 32.6 Å². The van der Waals surface area contributed by atoms with E-state index in [2.05, 4.69) is 18.7 Å². The Morgan fingerprint density at radius 1 is 1.38 bits per heavy atom. The number of hydrogen-bond acceptors (Lipinski definition) is 2. The Labute approximate surface area is 84.6 Å². The summed E-state index contributed by atoms with van der Waals surface area (Å²) in [5.41, 5.74) is 0. The first-order valence-electron chi connectivity index (χ1n) is 4.83. The van der Waals surface area contributed by atoms with Gasteiger partial charge in [0.25, 0.3) is 0 Å². The van der Waals surface area contributed by atoms with Crippen LogP contribution in [0.3, 0.4) is 0 Å². The standard InChI is InChI=1S/C9H17ClN2O/c1-3-8(2)11-4-6-12(7-5-11)9(10)13/h8H,3-7H2,1-2H3. The first-order chi connectivity index (χ1) is 6.15. The van der Waals surface area contributed by atoms with Crippen molar-refractivity contribution < 1.29 is 4.79 Å². The minimum absolute atomic E-state index is 0.316. The van der Waals surface area contributed by atoms with Crippen LogP contribution in [0.25, 0.3) is 0 Å². The first kappa shape index (κ1) is 10.8. The van der Waals surface area contributed by atoms with E-state index in [1.807, 2.05) is 0 Å². The third kappa shape index (κ3) is 2.85. The van der Waals surface area contributed by atoms with E-state index in [9.17, 15) is 4.79 Å². The lowest BCUT2D eigenvalue weighted by Gasteiger charge is -2.36. The average Bonchev–Trinajstić information content (AvgIpc) is 2.17. The van der Waals surface area contributed by atoms with Crippen LogP contribution in [0.4, 0.5) is 4.79 Å². The molecular formula is C9H17ClN2O. The third-order valence-corrected chi connectivity index (χ3v) is 3.02. The Bertz CT molecular complexity index is 178. The van der Waals surface area contributed by atoms with Gasteiger partial charge in [-0.25, -0.2) is 0 Å². The van der Waals surface area contributed by atoms with Gasteiger partial charge in [0.1, 0.15) is 0 Å². The van der Waals surface area contributed by atoms with Gasteiger partial charge in [0.2, 0.25) is 0 Å².